The van der Waals surface area contributed by atoms with Crippen molar-refractivity contribution >= 4 is 59.9 Å². The molecule has 0 spiro atoms. The minimum absolute atomic E-state index is 0.00713. The van der Waals surface area contributed by atoms with E-state index in [9.17, 15) is 35.8 Å². The zero-order valence-electron chi connectivity index (χ0n) is 20.6. The Morgan fingerprint density at radius 1 is 0.974 bits per heavy atom. The minimum atomic E-state index is -4.83. The number of rotatable bonds is 6. The molecule has 6 N–H and O–H groups in total. The Kier molecular flexibility index (Phi) is 7.79. The second-order valence-corrected chi connectivity index (χ2v) is 12.1. The monoisotopic (exact) mass is 578 g/mol. The molecule has 1 aliphatic carbocycles. The normalized spacial score (nSPS) is 18.3. The third-order valence-corrected chi connectivity index (χ3v) is 8.06. The molecule has 208 valence electrons. The SMILES string of the molecule is CC1CCC(OC(=O)Nc2ccc(N=Nc3c(N)ccc4cc(S(=O)(=O)O)cc(O)c34)c(S(=O)(=O)O)c2)CC1. The van der Waals surface area contributed by atoms with Gasteiger partial charge in [0.15, 0.2) is 0 Å². The fourth-order valence-electron chi connectivity index (χ4n) is 4.30. The van der Waals surface area contributed by atoms with Crippen LogP contribution in [0, 0.1) is 5.92 Å². The zero-order valence-corrected chi connectivity index (χ0v) is 22.2. The molecule has 0 bridgehead atoms. The number of azo groups is 1. The molecule has 3 aromatic carbocycles. The Balaban J connectivity index is 1.65. The van der Waals surface area contributed by atoms with Gasteiger partial charge in [-0.2, -0.15) is 16.8 Å². The van der Waals surface area contributed by atoms with Crippen LogP contribution in [0.2, 0.25) is 0 Å². The third-order valence-electron chi connectivity index (χ3n) is 6.35. The fraction of sp³-hybridized carbons (Fsp3) is 0.292. The van der Waals surface area contributed by atoms with Gasteiger partial charge in [-0.05, 0) is 67.3 Å². The highest BCUT2D eigenvalue weighted by Gasteiger charge is 2.23. The number of hydrogen-bond donors (Lipinski definition) is 5. The van der Waals surface area contributed by atoms with Crippen molar-refractivity contribution in [2.45, 2.75) is 48.5 Å². The molecule has 1 amide bonds. The van der Waals surface area contributed by atoms with E-state index >= 15 is 0 Å². The number of nitrogens with two attached hydrogens (primary N) is 1. The summed E-state index contributed by atoms with van der Waals surface area (Å²) in [7, 11) is -9.45. The van der Waals surface area contributed by atoms with Crippen LogP contribution in [0.1, 0.15) is 32.6 Å². The second-order valence-electron chi connectivity index (χ2n) is 9.29. The lowest BCUT2D eigenvalue weighted by molar-refractivity contribution is 0.0765. The summed E-state index contributed by atoms with van der Waals surface area (Å²) in [6.07, 6.45) is 2.32. The molecule has 1 aliphatic rings. The first-order valence-electron chi connectivity index (χ1n) is 11.8. The fourth-order valence-corrected chi connectivity index (χ4v) is 5.49. The van der Waals surface area contributed by atoms with E-state index in [4.69, 9.17) is 10.5 Å². The first-order chi connectivity index (χ1) is 18.2. The summed E-state index contributed by atoms with van der Waals surface area (Å²) in [6, 6.07) is 8.11. The van der Waals surface area contributed by atoms with Crippen LogP contribution in [0.5, 0.6) is 5.75 Å². The number of fused-ring (bicyclic) bond motifs is 1. The summed E-state index contributed by atoms with van der Waals surface area (Å²) in [5, 5.41) is 20.8. The van der Waals surface area contributed by atoms with Crippen LogP contribution < -0.4 is 11.1 Å². The van der Waals surface area contributed by atoms with Gasteiger partial charge in [-0.3, -0.25) is 14.4 Å². The number of carbonyl (C=O) groups is 1. The molecule has 1 fully saturated rings. The van der Waals surface area contributed by atoms with E-state index in [0.29, 0.717) is 5.92 Å². The van der Waals surface area contributed by atoms with Crippen LogP contribution in [-0.4, -0.2) is 43.2 Å². The van der Waals surface area contributed by atoms with Crippen molar-refractivity contribution in [2.75, 3.05) is 11.1 Å². The maximum Gasteiger partial charge on any atom is 0.411 e. The van der Waals surface area contributed by atoms with Crippen molar-refractivity contribution in [3.8, 4) is 5.75 Å². The molecular formula is C24H26N4O9S2. The van der Waals surface area contributed by atoms with Crippen molar-refractivity contribution < 1.29 is 40.6 Å². The standard InChI is InChI=1S/C24H26N4O9S2/c1-13-2-6-16(7-3-13)37-24(30)26-15-5-9-19(21(11-15)39(34,35)36)27-28-23-18(25)8-4-14-10-17(38(31,32)33)12-20(29)22(14)23/h4-5,8-13,16,29H,2-3,6-7,25H2,1H3,(H,26,30)(H,31,32,33)(H,34,35,36). The molecule has 0 aliphatic heterocycles. The maximum atomic E-state index is 12.3. The molecule has 0 heterocycles. The number of nitrogen functional groups attached to an aromatic ring is 1. The number of aromatic hydroxyl groups is 1. The molecule has 3 aromatic rings. The van der Waals surface area contributed by atoms with Gasteiger partial charge in [0.05, 0.1) is 16.0 Å². The van der Waals surface area contributed by atoms with Crippen LogP contribution in [0.25, 0.3) is 10.8 Å². The number of amides is 1. The third kappa shape index (κ3) is 6.62. The van der Waals surface area contributed by atoms with Crippen molar-refractivity contribution in [3.05, 3.63) is 42.5 Å². The summed E-state index contributed by atoms with van der Waals surface area (Å²) in [4.78, 5) is 11.1. The molecule has 0 saturated heterocycles. The van der Waals surface area contributed by atoms with Crippen LogP contribution in [0.3, 0.4) is 0 Å². The van der Waals surface area contributed by atoms with Crippen LogP contribution in [-0.2, 0) is 25.0 Å². The number of carbonyl (C=O) groups excluding carboxylic acids is 1. The average Bonchev–Trinajstić information content (AvgIpc) is 2.84. The molecule has 0 atom stereocenters. The van der Waals surface area contributed by atoms with Gasteiger partial charge in [0.1, 0.15) is 28.1 Å². The van der Waals surface area contributed by atoms with E-state index in [1.807, 2.05) is 0 Å². The van der Waals surface area contributed by atoms with Gasteiger partial charge in [0.2, 0.25) is 0 Å². The first-order valence-corrected chi connectivity index (χ1v) is 14.6. The van der Waals surface area contributed by atoms with Gasteiger partial charge >= 0.3 is 6.09 Å². The Hall–Kier alpha value is -3.79. The van der Waals surface area contributed by atoms with Crippen LogP contribution in [0.15, 0.2) is 62.5 Å². The maximum absolute atomic E-state index is 12.3. The number of phenolic OH excluding ortho intramolecular Hbond substituents is 1. The minimum Gasteiger partial charge on any atom is -0.507 e. The first kappa shape index (κ1) is 28.2. The number of anilines is 2. The van der Waals surface area contributed by atoms with Crippen LogP contribution >= 0.6 is 0 Å². The molecule has 13 nitrogen and oxygen atoms in total. The van der Waals surface area contributed by atoms with E-state index in [0.717, 1.165) is 43.9 Å². The predicted octanol–water partition coefficient (Wildman–Crippen LogP) is 5.16. The highest BCUT2D eigenvalue weighted by molar-refractivity contribution is 7.86. The van der Waals surface area contributed by atoms with Gasteiger partial charge < -0.3 is 15.6 Å². The van der Waals surface area contributed by atoms with Crippen molar-refractivity contribution in [2.24, 2.45) is 16.1 Å². The van der Waals surface area contributed by atoms with Crippen LogP contribution in [0.4, 0.5) is 27.5 Å². The Labute approximate surface area is 224 Å². The molecular weight excluding hydrogens is 552 g/mol. The van der Waals surface area contributed by atoms with Crippen molar-refractivity contribution in [1.29, 1.82) is 0 Å². The molecule has 39 heavy (non-hydrogen) atoms. The van der Waals surface area contributed by atoms with E-state index in [1.54, 1.807) is 0 Å². The summed E-state index contributed by atoms with van der Waals surface area (Å²) in [5.74, 6) is -0.0175. The predicted molar refractivity (Wildman–Crippen MR) is 142 cm³/mol. The molecule has 0 radical (unpaired) electrons. The van der Waals surface area contributed by atoms with Gasteiger partial charge in [-0.15, -0.1) is 10.2 Å². The lowest BCUT2D eigenvalue weighted by Gasteiger charge is -2.26. The van der Waals surface area contributed by atoms with Gasteiger partial charge in [-0.1, -0.05) is 13.0 Å². The van der Waals surface area contributed by atoms with Gasteiger partial charge in [-0.25, -0.2) is 4.79 Å². The molecule has 15 heteroatoms. The number of ether oxygens (including phenoxy) is 1. The largest absolute Gasteiger partial charge is 0.507 e. The molecule has 4 rings (SSSR count). The smallest absolute Gasteiger partial charge is 0.411 e. The van der Waals surface area contributed by atoms with E-state index < -0.39 is 41.9 Å². The lowest BCUT2D eigenvalue weighted by Crippen LogP contribution is -2.26. The van der Waals surface area contributed by atoms with Gasteiger partial charge in [0, 0.05) is 11.8 Å². The van der Waals surface area contributed by atoms with E-state index in [1.165, 1.54) is 24.3 Å². The Bertz CT molecular complexity index is 1680. The number of nitrogens with one attached hydrogen (secondary N) is 1. The summed E-state index contributed by atoms with van der Waals surface area (Å²) in [6.45, 7) is 2.13. The number of phenols is 1. The molecule has 0 unspecified atom stereocenters. The zero-order chi connectivity index (χ0) is 28.5. The summed E-state index contributed by atoms with van der Waals surface area (Å²) < 4.78 is 71.6. The summed E-state index contributed by atoms with van der Waals surface area (Å²) in [5.41, 5.74) is 5.56. The molecule has 1 saturated carbocycles. The topological polar surface area (TPSA) is 218 Å². The Morgan fingerprint density at radius 2 is 1.67 bits per heavy atom. The van der Waals surface area contributed by atoms with Crippen molar-refractivity contribution in [1.82, 2.24) is 0 Å². The highest BCUT2D eigenvalue weighted by Crippen LogP contribution is 2.41. The number of nitrogens with zero attached hydrogens (tertiary/aromatic N) is 2. The van der Waals surface area contributed by atoms with Gasteiger partial charge in [0.25, 0.3) is 20.2 Å². The second kappa shape index (κ2) is 10.8. The highest BCUT2D eigenvalue weighted by atomic mass is 32.2. The van der Waals surface area contributed by atoms with E-state index in [2.05, 4.69) is 22.5 Å². The number of hydrogen-bond acceptors (Lipinski definition) is 10. The Morgan fingerprint density at radius 3 is 2.31 bits per heavy atom. The number of benzene rings is 3. The average molecular weight is 579 g/mol. The van der Waals surface area contributed by atoms with Crippen molar-refractivity contribution in [3.63, 3.8) is 0 Å². The quantitative estimate of drug-likeness (QED) is 0.147. The molecule has 0 aromatic heterocycles. The van der Waals surface area contributed by atoms with E-state index in [-0.39, 0.29) is 39.6 Å². The lowest BCUT2D eigenvalue weighted by atomic mass is 9.89. The summed E-state index contributed by atoms with van der Waals surface area (Å²) >= 11 is 0.